The molecule has 77 heavy (non-hydrogen) atoms. The normalized spacial score (nSPS) is 13.0. The Morgan fingerprint density at radius 2 is 0.532 bits per heavy atom. The molecule has 6 heteroatoms. The number of ether oxygens (including phenoxy) is 3. The van der Waals surface area contributed by atoms with Crippen LogP contribution in [0.2, 0.25) is 0 Å². The molecule has 0 bridgehead atoms. The van der Waals surface area contributed by atoms with E-state index in [1.807, 2.05) is 6.08 Å². The van der Waals surface area contributed by atoms with Gasteiger partial charge in [-0.1, -0.05) is 264 Å². The van der Waals surface area contributed by atoms with Crippen molar-refractivity contribution in [2.75, 3.05) is 13.2 Å². The summed E-state index contributed by atoms with van der Waals surface area (Å²) < 4.78 is 16.8. The number of rotatable bonds is 56. The molecule has 436 valence electrons. The van der Waals surface area contributed by atoms with Gasteiger partial charge >= 0.3 is 17.9 Å². The Labute approximate surface area is 475 Å². The van der Waals surface area contributed by atoms with Gasteiger partial charge in [-0.3, -0.25) is 14.4 Å². The zero-order valence-corrected chi connectivity index (χ0v) is 49.9. The van der Waals surface area contributed by atoms with E-state index in [0.29, 0.717) is 19.3 Å². The third-order valence-electron chi connectivity index (χ3n) is 13.1. The van der Waals surface area contributed by atoms with Crippen LogP contribution in [0.25, 0.3) is 0 Å². The van der Waals surface area contributed by atoms with Crippen LogP contribution < -0.4 is 0 Å². The van der Waals surface area contributed by atoms with Crippen LogP contribution in [0.5, 0.6) is 0 Å². The van der Waals surface area contributed by atoms with Gasteiger partial charge in [-0.15, -0.1) is 0 Å². The summed E-state index contributed by atoms with van der Waals surface area (Å²) in [5, 5.41) is 0. The minimum Gasteiger partial charge on any atom is -0.462 e. The molecule has 0 aliphatic heterocycles. The minimum atomic E-state index is -0.832. The van der Waals surface area contributed by atoms with Crippen molar-refractivity contribution < 1.29 is 28.6 Å². The van der Waals surface area contributed by atoms with Crippen molar-refractivity contribution in [3.8, 4) is 0 Å². The first kappa shape index (κ1) is 72.5. The Morgan fingerprint density at radius 1 is 0.273 bits per heavy atom. The van der Waals surface area contributed by atoms with Gasteiger partial charge in [0.05, 0.1) is 0 Å². The lowest BCUT2D eigenvalue weighted by atomic mass is 10.0. The summed E-state index contributed by atoms with van der Waals surface area (Å²) in [6, 6.07) is 0. The Kier molecular flexibility index (Phi) is 60.4. The number of carbonyl (C=O) groups is 3. The van der Waals surface area contributed by atoms with E-state index in [2.05, 4.69) is 148 Å². The van der Waals surface area contributed by atoms with Gasteiger partial charge in [-0.05, 0) is 128 Å². The van der Waals surface area contributed by atoms with Crippen molar-refractivity contribution in [3.63, 3.8) is 0 Å². The molecule has 0 saturated heterocycles. The smallest absolute Gasteiger partial charge is 0.306 e. The molecule has 0 unspecified atom stereocenters. The Bertz CT molecular complexity index is 1650. The molecule has 6 nitrogen and oxygen atoms in total. The lowest BCUT2D eigenvalue weighted by Crippen LogP contribution is -2.30. The molecule has 0 aromatic heterocycles. The maximum Gasteiger partial charge on any atom is 0.306 e. The largest absolute Gasteiger partial charge is 0.462 e. The molecular weight excluding hydrogens is 949 g/mol. The van der Waals surface area contributed by atoms with Gasteiger partial charge < -0.3 is 14.2 Å². The second kappa shape index (κ2) is 64.1. The molecule has 0 rings (SSSR count). The van der Waals surface area contributed by atoms with Crippen LogP contribution >= 0.6 is 0 Å². The van der Waals surface area contributed by atoms with E-state index in [1.54, 1.807) is 0 Å². The molecule has 0 amide bonds. The summed E-state index contributed by atoms with van der Waals surface area (Å²) in [7, 11) is 0. The van der Waals surface area contributed by atoms with Crippen molar-refractivity contribution in [1.82, 2.24) is 0 Å². The first-order chi connectivity index (χ1) is 38.0. The van der Waals surface area contributed by atoms with Crippen molar-refractivity contribution in [3.05, 3.63) is 134 Å². The highest BCUT2D eigenvalue weighted by atomic mass is 16.6. The number of esters is 3. The lowest BCUT2D eigenvalue weighted by molar-refractivity contribution is -0.166. The number of hydrogen-bond acceptors (Lipinski definition) is 6. The summed E-state index contributed by atoms with van der Waals surface area (Å²) in [5.41, 5.74) is 0. The van der Waals surface area contributed by atoms with E-state index in [4.69, 9.17) is 14.2 Å². The lowest BCUT2D eigenvalue weighted by Gasteiger charge is -2.18. The highest BCUT2D eigenvalue weighted by Gasteiger charge is 2.19. The minimum absolute atomic E-state index is 0.118. The van der Waals surface area contributed by atoms with Gasteiger partial charge in [0.2, 0.25) is 0 Å². The summed E-state index contributed by atoms with van der Waals surface area (Å²) in [6.07, 6.45) is 90.3. The van der Waals surface area contributed by atoms with Gasteiger partial charge in [-0.25, -0.2) is 0 Å². The van der Waals surface area contributed by atoms with Crippen molar-refractivity contribution >= 4 is 17.9 Å². The third kappa shape index (κ3) is 62.3. The Balaban J connectivity index is 4.55. The molecule has 0 fully saturated rings. The zero-order valence-electron chi connectivity index (χ0n) is 49.9. The van der Waals surface area contributed by atoms with E-state index in [1.165, 1.54) is 128 Å². The summed E-state index contributed by atoms with van der Waals surface area (Å²) in [6.45, 7) is 6.41. The average molecular weight is 1070 g/mol. The van der Waals surface area contributed by atoms with Gasteiger partial charge in [0.1, 0.15) is 13.2 Å². The predicted molar refractivity (Wildman–Crippen MR) is 334 cm³/mol. The summed E-state index contributed by atoms with van der Waals surface area (Å²) >= 11 is 0. The molecule has 0 heterocycles. The fourth-order valence-corrected chi connectivity index (χ4v) is 8.39. The zero-order chi connectivity index (χ0) is 55.7. The molecule has 0 aliphatic carbocycles. The number of allylic oxidation sites excluding steroid dienone is 22. The Morgan fingerprint density at radius 3 is 0.922 bits per heavy atom. The van der Waals surface area contributed by atoms with Crippen LogP contribution in [0.1, 0.15) is 278 Å². The van der Waals surface area contributed by atoms with Crippen molar-refractivity contribution in [2.45, 2.75) is 284 Å². The molecule has 0 radical (unpaired) electrons. The first-order valence-electron chi connectivity index (χ1n) is 31.7. The van der Waals surface area contributed by atoms with Gasteiger partial charge in [-0.2, -0.15) is 0 Å². The predicted octanol–water partition coefficient (Wildman–Crippen LogP) is 21.8. The topological polar surface area (TPSA) is 78.9 Å². The van der Waals surface area contributed by atoms with Gasteiger partial charge in [0.25, 0.3) is 0 Å². The number of hydrogen-bond donors (Lipinski definition) is 0. The van der Waals surface area contributed by atoms with Crippen molar-refractivity contribution in [1.29, 1.82) is 0 Å². The van der Waals surface area contributed by atoms with Gasteiger partial charge in [0.15, 0.2) is 6.10 Å². The van der Waals surface area contributed by atoms with Crippen LogP contribution in [-0.2, 0) is 28.6 Å². The van der Waals surface area contributed by atoms with E-state index in [9.17, 15) is 14.4 Å². The summed E-state index contributed by atoms with van der Waals surface area (Å²) in [4.78, 5) is 38.3. The molecule has 0 saturated carbocycles. The standard InChI is InChI=1S/C71H116O6/c1-4-7-10-13-16-19-22-25-28-31-34-35-38-40-43-46-49-52-55-58-61-64-70(73)76-67-68(77-71(74)65-62-59-56-53-50-47-44-41-37-33-30-27-24-21-18-15-12-9-6-3)66-75-69(72)63-60-57-54-51-48-45-42-39-36-32-29-26-23-20-17-14-11-8-5-2/h9,12,17-18,20-21,25-30,36-37,39,41,45,47-48,50,54,57,68H,4-8,10-11,13-16,19,22-24,31-35,38,40,42-44,46,49,51-53,55-56,58-67H2,1-3H3/b12-9-,20-17-,21-18-,28-25-,29-26-,30-27-,39-36-,41-37-,48-45-,50-47-,57-54-/t68-/m1/s1. The molecule has 1 atom stereocenters. The van der Waals surface area contributed by atoms with E-state index in [0.717, 1.165) is 96.3 Å². The maximum atomic E-state index is 12.9. The molecule has 0 spiro atoms. The first-order valence-corrected chi connectivity index (χ1v) is 31.7. The molecule has 0 aliphatic rings. The van der Waals surface area contributed by atoms with Crippen LogP contribution in [0.3, 0.4) is 0 Å². The van der Waals surface area contributed by atoms with Crippen molar-refractivity contribution in [2.24, 2.45) is 0 Å². The monoisotopic (exact) mass is 1060 g/mol. The third-order valence-corrected chi connectivity index (χ3v) is 13.1. The SMILES string of the molecule is CC/C=C\C/C=C\C/C=C\C/C=C\C/C=C\CCCCCC(=O)O[C@H](COC(=O)CC/C=C\C/C=C\C/C=C\C/C=C\C/C=C\CCCCC)COC(=O)CCCCCCCCCCCCC/C=C\CCCCCCCC. The summed E-state index contributed by atoms with van der Waals surface area (Å²) in [5.74, 6) is -1.04. The molecule has 0 aromatic rings. The molecule has 0 N–H and O–H groups in total. The Hall–Kier alpha value is -4.45. The average Bonchev–Trinajstić information content (AvgIpc) is 3.43. The van der Waals surface area contributed by atoms with Crippen LogP contribution in [0.4, 0.5) is 0 Å². The second-order valence-corrected chi connectivity index (χ2v) is 20.6. The van der Waals surface area contributed by atoms with Gasteiger partial charge in [0, 0.05) is 19.3 Å². The highest BCUT2D eigenvalue weighted by molar-refractivity contribution is 5.71. The quantitative estimate of drug-likeness (QED) is 0.0261. The molecular formula is C71H116O6. The molecule has 0 aromatic carbocycles. The number of unbranched alkanes of at least 4 members (excludes halogenated alkanes) is 23. The highest BCUT2D eigenvalue weighted by Crippen LogP contribution is 2.15. The fraction of sp³-hybridized carbons (Fsp3) is 0.648. The van der Waals surface area contributed by atoms with E-state index >= 15 is 0 Å². The van der Waals surface area contributed by atoms with Crippen LogP contribution in [0.15, 0.2) is 134 Å². The maximum absolute atomic E-state index is 12.9. The van der Waals surface area contributed by atoms with Crippen LogP contribution in [0, 0.1) is 0 Å². The van der Waals surface area contributed by atoms with E-state index in [-0.39, 0.29) is 44.0 Å². The number of carbonyl (C=O) groups excluding carboxylic acids is 3. The van der Waals surface area contributed by atoms with Crippen LogP contribution in [-0.4, -0.2) is 37.2 Å². The second-order valence-electron chi connectivity index (χ2n) is 20.6. The van der Waals surface area contributed by atoms with E-state index < -0.39 is 6.10 Å². The fourth-order valence-electron chi connectivity index (χ4n) is 8.39.